The van der Waals surface area contributed by atoms with Crippen molar-refractivity contribution < 1.29 is 4.79 Å². The molecule has 0 spiro atoms. The van der Waals surface area contributed by atoms with Gasteiger partial charge in [-0.25, -0.2) is 0 Å². The van der Waals surface area contributed by atoms with Gasteiger partial charge in [0.25, 0.3) is 5.91 Å². The third kappa shape index (κ3) is 4.09. The lowest BCUT2D eigenvalue weighted by atomic mass is 9.48. The molecule has 0 saturated heterocycles. The van der Waals surface area contributed by atoms with E-state index in [1.165, 1.54) is 44.1 Å². The average Bonchev–Trinajstić information content (AvgIpc) is 2.83. The Bertz CT molecular complexity index is 1190. The third-order valence-corrected chi connectivity index (χ3v) is 8.67. The average molecular weight is 468 g/mol. The molecule has 7 rings (SSSR count). The van der Waals surface area contributed by atoms with Gasteiger partial charge in [0, 0.05) is 16.3 Å². The number of halogens is 1. The Morgan fingerprint density at radius 3 is 2.00 bits per heavy atom. The fraction of sp³-hybridized carbons (Fsp3) is 0.323. The minimum absolute atomic E-state index is 0.131. The van der Waals surface area contributed by atoms with Crippen LogP contribution in [0.1, 0.15) is 55.2 Å². The molecule has 0 unspecified atom stereocenters. The predicted octanol–water partition coefficient (Wildman–Crippen LogP) is 7.99. The maximum atomic E-state index is 13.4. The van der Waals surface area contributed by atoms with Gasteiger partial charge in [-0.15, -0.1) is 0 Å². The molecule has 4 bridgehead atoms. The molecule has 172 valence electrons. The van der Waals surface area contributed by atoms with Crippen LogP contribution in [0.4, 0.5) is 5.69 Å². The van der Waals surface area contributed by atoms with Crippen molar-refractivity contribution in [3.63, 3.8) is 0 Å². The van der Waals surface area contributed by atoms with E-state index in [9.17, 15) is 4.79 Å². The van der Waals surface area contributed by atoms with E-state index in [0.717, 1.165) is 34.6 Å². The Balaban J connectivity index is 1.25. The zero-order valence-corrected chi connectivity index (χ0v) is 20.1. The van der Waals surface area contributed by atoms with Crippen LogP contribution in [0.25, 0.3) is 11.6 Å². The van der Waals surface area contributed by atoms with Crippen LogP contribution in [0, 0.1) is 17.8 Å². The first-order valence-electron chi connectivity index (χ1n) is 12.5. The van der Waals surface area contributed by atoms with Crippen LogP contribution in [-0.4, -0.2) is 5.91 Å². The van der Waals surface area contributed by atoms with Gasteiger partial charge in [0.1, 0.15) is 0 Å². The summed E-state index contributed by atoms with van der Waals surface area (Å²) >= 11 is 6.39. The molecule has 2 nitrogen and oxygen atoms in total. The monoisotopic (exact) mass is 467 g/mol. The highest BCUT2D eigenvalue weighted by atomic mass is 35.5. The maximum absolute atomic E-state index is 13.4. The van der Waals surface area contributed by atoms with Crippen molar-refractivity contribution in [1.29, 1.82) is 0 Å². The molecule has 0 aromatic heterocycles. The van der Waals surface area contributed by atoms with Crippen LogP contribution in [0.5, 0.6) is 0 Å². The molecule has 0 aliphatic heterocycles. The fourth-order valence-corrected chi connectivity index (χ4v) is 7.41. The Morgan fingerprint density at radius 1 is 0.794 bits per heavy atom. The summed E-state index contributed by atoms with van der Waals surface area (Å²) in [4.78, 5) is 13.4. The molecular weight excluding hydrogens is 438 g/mol. The third-order valence-electron chi connectivity index (χ3n) is 8.33. The highest BCUT2D eigenvalue weighted by molar-refractivity contribution is 6.34. The number of amides is 1. The number of carbonyl (C=O) groups is 1. The van der Waals surface area contributed by atoms with Crippen molar-refractivity contribution in [2.24, 2.45) is 17.8 Å². The van der Waals surface area contributed by atoms with E-state index in [4.69, 9.17) is 11.6 Å². The van der Waals surface area contributed by atoms with E-state index < -0.39 is 0 Å². The Labute approximate surface area is 207 Å². The van der Waals surface area contributed by atoms with Gasteiger partial charge in [0.05, 0.1) is 0 Å². The lowest BCUT2D eigenvalue weighted by Crippen LogP contribution is -2.48. The minimum Gasteiger partial charge on any atom is -0.322 e. The molecule has 0 atom stereocenters. The quantitative estimate of drug-likeness (QED) is 0.299. The van der Waals surface area contributed by atoms with Gasteiger partial charge < -0.3 is 5.32 Å². The Morgan fingerprint density at radius 2 is 1.38 bits per heavy atom. The highest BCUT2D eigenvalue weighted by Gasteiger charge is 2.51. The van der Waals surface area contributed by atoms with Crippen molar-refractivity contribution in [3.05, 3.63) is 101 Å². The summed E-state index contributed by atoms with van der Waals surface area (Å²) in [6.45, 7) is 0. The van der Waals surface area contributed by atoms with Crippen LogP contribution < -0.4 is 5.32 Å². The molecule has 1 N–H and O–H groups in total. The van der Waals surface area contributed by atoms with Crippen molar-refractivity contribution in [3.8, 4) is 0 Å². The highest BCUT2D eigenvalue weighted by Crippen LogP contribution is 2.60. The zero-order chi connectivity index (χ0) is 23.1. The predicted molar refractivity (Wildman–Crippen MR) is 141 cm³/mol. The first kappa shape index (κ1) is 21.7. The molecule has 4 saturated carbocycles. The standard InChI is InChI=1S/C31H30ClNO/c32-29-9-5-4-8-25(29)17-28(24-6-2-1-3-7-24)30(34)33-27-12-10-26(11-13-27)31-18-21-14-22(19-31)16-23(15-21)20-31/h1-13,17,21-23H,14-16,18-20H2,(H,33,34). The Kier molecular flexibility index (Phi) is 5.57. The van der Waals surface area contributed by atoms with Crippen LogP contribution in [0.15, 0.2) is 78.9 Å². The molecule has 0 heterocycles. The summed E-state index contributed by atoms with van der Waals surface area (Å²) < 4.78 is 0. The number of carbonyl (C=O) groups excluding carboxylic acids is 1. The van der Waals surface area contributed by atoms with Gasteiger partial charge in [-0.3, -0.25) is 4.79 Å². The summed E-state index contributed by atoms with van der Waals surface area (Å²) in [6.07, 6.45) is 10.3. The molecule has 4 aliphatic carbocycles. The molecule has 0 radical (unpaired) electrons. The summed E-state index contributed by atoms with van der Waals surface area (Å²) in [5.74, 6) is 2.64. The van der Waals surface area contributed by atoms with E-state index in [0.29, 0.717) is 16.0 Å². The molecule has 3 aromatic carbocycles. The molecule has 3 heteroatoms. The lowest BCUT2D eigenvalue weighted by molar-refractivity contribution is -0.111. The maximum Gasteiger partial charge on any atom is 0.256 e. The Hall–Kier alpha value is -2.84. The molecule has 34 heavy (non-hydrogen) atoms. The van der Waals surface area contributed by atoms with Gasteiger partial charge in [0.15, 0.2) is 0 Å². The van der Waals surface area contributed by atoms with Crippen molar-refractivity contribution >= 4 is 34.8 Å². The van der Waals surface area contributed by atoms with Gasteiger partial charge in [0.2, 0.25) is 0 Å². The first-order chi connectivity index (χ1) is 16.6. The van der Waals surface area contributed by atoms with E-state index in [1.54, 1.807) is 0 Å². The SMILES string of the molecule is O=C(Nc1ccc(C23CC4CC(CC(C4)C2)C3)cc1)C(=Cc1ccccc1Cl)c1ccccc1. The van der Waals surface area contributed by atoms with Crippen molar-refractivity contribution in [2.75, 3.05) is 5.32 Å². The number of hydrogen-bond acceptors (Lipinski definition) is 1. The lowest BCUT2D eigenvalue weighted by Gasteiger charge is -2.57. The van der Waals surface area contributed by atoms with Gasteiger partial charge in [-0.1, -0.05) is 72.3 Å². The zero-order valence-electron chi connectivity index (χ0n) is 19.3. The molecule has 4 aliphatic rings. The van der Waals surface area contributed by atoms with Crippen LogP contribution >= 0.6 is 11.6 Å². The molecule has 3 aromatic rings. The number of hydrogen-bond donors (Lipinski definition) is 1. The topological polar surface area (TPSA) is 29.1 Å². The fourth-order valence-electron chi connectivity index (χ4n) is 7.22. The number of anilines is 1. The van der Waals surface area contributed by atoms with Gasteiger partial charge in [-0.05, 0) is 103 Å². The second-order valence-electron chi connectivity index (χ2n) is 10.7. The van der Waals surface area contributed by atoms with Gasteiger partial charge >= 0.3 is 0 Å². The molecule has 1 amide bonds. The normalized spacial score (nSPS) is 27.6. The molecule has 4 fully saturated rings. The summed E-state index contributed by atoms with van der Waals surface area (Å²) in [7, 11) is 0. The van der Waals surface area contributed by atoms with E-state index >= 15 is 0 Å². The second kappa shape index (κ2) is 8.74. The largest absolute Gasteiger partial charge is 0.322 e. The smallest absolute Gasteiger partial charge is 0.256 e. The van der Waals surface area contributed by atoms with Crippen LogP contribution in [0.2, 0.25) is 5.02 Å². The summed E-state index contributed by atoms with van der Waals surface area (Å²) in [5.41, 5.74) is 4.97. The molecular formula is C31H30ClNO. The number of rotatable bonds is 5. The minimum atomic E-state index is -0.131. The van der Waals surface area contributed by atoms with Crippen LogP contribution in [-0.2, 0) is 10.2 Å². The summed E-state index contributed by atoms with van der Waals surface area (Å²) in [5, 5.41) is 3.76. The second-order valence-corrected chi connectivity index (χ2v) is 11.1. The van der Waals surface area contributed by atoms with E-state index in [2.05, 4.69) is 29.6 Å². The summed E-state index contributed by atoms with van der Waals surface area (Å²) in [6, 6.07) is 26.1. The van der Waals surface area contributed by atoms with E-state index in [1.807, 2.05) is 60.7 Å². The van der Waals surface area contributed by atoms with E-state index in [-0.39, 0.29) is 5.91 Å². The number of nitrogens with one attached hydrogen (secondary N) is 1. The van der Waals surface area contributed by atoms with Crippen molar-refractivity contribution in [2.45, 2.75) is 43.9 Å². The van der Waals surface area contributed by atoms with Gasteiger partial charge in [-0.2, -0.15) is 0 Å². The van der Waals surface area contributed by atoms with Crippen LogP contribution in [0.3, 0.4) is 0 Å². The van der Waals surface area contributed by atoms with Crippen molar-refractivity contribution in [1.82, 2.24) is 0 Å². The number of benzene rings is 3. The first-order valence-corrected chi connectivity index (χ1v) is 12.9.